The van der Waals surface area contributed by atoms with Gasteiger partial charge < -0.3 is 28.6 Å². The number of carbonyl (C=O) groups is 2. The number of nitrogens with zero attached hydrogens (tertiary/aromatic N) is 2. The van der Waals surface area contributed by atoms with Crippen molar-refractivity contribution in [2.24, 2.45) is 0 Å². The van der Waals surface area contributed by atoms with Gasteiger partial charge in [-0.1, -0.05) is 36.4 Å². The van der Waals surface area contributed by atoms with Gasteiger partial charge in [0.25, 0.3) is 5.91 Å². The average Bonchev–Trinajstić information content (AvgIpc) is 3.52. The molecular weight excluding hydrogens is 512 g/mol. The fourth-order valence-corrected chi connectivity index (χ4v) is 5.04. The van der Waals surface area contributed by atoms with E-state index in [1.54, 1.807) is 36.1 Å². The Morgan fingerprint density at radius 3 is 2.48 bits per heavy atom. The number of aliphatic hydroxyl groups excluding tert-OH is 1. The molecule has 9 nitrogen and oxygen atoms in total. The summed E-state index contributed by atoms with van der Waals surface area (Å²) in [6.45, 7) is 8.03. The number of Topliss-reactive ketones (excluding diaryl/α,β-unsaturated/α-hetero) is 1. The monoisotopic (exact) mass is 546 g/mol. The van der Waals surface area contributed by atoms with Crippen molar-refractivity contribution in [2.75, 3.05) is 46.0 Å². The Hall–Kier alpha value is -4.08. The zero-order valence-corrected chi connectivity index (χ0v) is 22.8. The molecule has 1 amide bonds. The van der Waals surface area contributed by atoms with E-state index in [1.165, 1.54) is 0 Å². The van der Waals surface area contributed by atoms with Crippen LogP contribution < -0.4 is 9.47 Å². The highest BCUT2D eigenvalue weighted by Crippen LogP contribution is 2.42. The van der Waals surface area contributed by atoms with Crippen LogP contribution in [-0.2, 0) is 16.1 Å². The number of furan rings is 1. The van der Waals surface area contributed by atoms with Crippen molar-refractivity contribution in [2.45, 2.75) is 26.5 Å². The van der Waals surface area contributed by atoms with Gasteiger partial charge in [-0.25, -0.2) is 0 Å². The van der Waals surface area contributed by atoms with Crippen molar-refractivity contribution in [1.29, 1.82) is 0 Å². The molecule has 40 heavy (non-hydrogen) atoms. The van der Waals surface area contributed by atoms with Gasteiger partial charge >= 0.3 is 0 Å². The van der Waals surface area contributed by atoms with Crippen molar-refractivity contribution in [3.05, 3.63) is 94.6 Å². The van der Waals surface area contributed by atoms with E-state index >= 15 is 0 Å². The number of rotatable bonds is 11. The molecule has 2 aromatic carbocycles. The van der Waals surface area contributed by atoms with Crippen molar-refractivity contribution in [3.63, 3.8) is 0 Å². The molecule has 1 N–H and O–H groups in total. The predicted octanol–water partition coefficient (Wildman–Crippen LogP) is 4.48. The van der Waals surface area contributed by atoms with Crippen LogP contribution in [0, 0.1) is 6.92 Å². The Kier molecular flexibility index (Phi) is 8.52. The first-order valence-corrected chi connectivity index (χ1v) is 13.5. The minimum atomic E-state index is -0.825. The van der Waals surface area contributed by atoms with E-state index in [-0.39, 0.29) is 11.3 Å². The zero-order valence-electron chi connectivity index (χ0n) is 22.8. The first-order valence-electron chi connectivity index (χ1n) is 13.5. The SMILES string of the molecule is CCOc1cc(C2C(C(=O)c3ccc(C)o3)=C(O)C(=O)N2CCN2CCOCC2)ccc1OCc1ccccc1. The fraction of sp³-hybridized carbons (Fsp3) is 0.355. The molecule has 0 aliphatic carbocycles. The third-order valence-corrected chi connectivity index (χ3v) is 7.09. The minimum absolute atomic E-state index is 0.0123. The van der Waals surface area contributed by atoms with Crippen LogP contribution in [0.2, 0.25) is 0 Å². The van der Waals surface area contributed by atoms with Gasteiger partial charge in [-0.3, -0.25) is 14.5 Å². The van der Waals surface area contributed by atoms with Crippen molar-refractivity contribution >= 4 is 11.7 Å². The molecule has 1 unspecified atom stereocenters. The smallest absolute Gasteiger partial charge is 0.290 e. The van der Waals surface area contributed by atoms with E-state index in [9.17, 15) is 14.7 Å². The molecule has 1 aromatic heterocycles. The van der Waals surface area contributed by atoms with E-state index in [1.807, 2.05) is 43.3 Å². The molecular formula is C31H34N2O7. The van der Waals surface area contributed by atoms with E-state index in [4.69, 9.17) is 18.6 Å². The number of hydrogen-bond donors (Lipinski definition) is 1. The molecule has 5 rings (SSSR count). The summed E-state index contributed by atoms with van der Waals surface area (Å²) in [5.41, 5.74) is 1.63. The highest BCUT2D eigenvalue weighted by Gasteiger charge is 2.44. The Labute approximate surface area is 233 Å². The summed E-state index contributed by atoms with van der Waals surface area (Å²) in [7, 11) is 0. The lowest BCUT2D eigenvalue weighted by Gasteiger charge is -2.31. The second-order valence-electron chi connectivity index (χ2n) is 9.77. The summed E-state index contributed by atoms with van der Waals surface area (Å²) in [5, 5.41) is 11.0. The van der Waals surface area contributed by atoms with Crippen LogP contribution in [0.15, 0.2) is 76.4 Å². The number of aryl methyl sites for hydroxylation is 1. The number of benzene rings is 2. The number of hydrogen-bond acceptors (Lipinski definition) is 8. The molecule has 210 valence electrons. The number of ether oxygens (including phenoxy) is 3. The molecule has 2 aliphatic rings. The minimum Gasteiger partial charge on any atom is -0.503 e. The molecule has 0 spiro atoms. The van der Waals surface area contributed by atoms with Crippen molar-refractivity contribution < 1.29 is 33.3 Å². The zero-order chi connectivity index (χ0) is 28.1. The second kappa shape index (κ2) is 12.4. The second-order valence-corrected chi connectivity index (χ2v) is 9.77. The lowest BCUT2D eigenvalue weighted by Crippen LogP contribution is -2.43. The molecule has 9 heteroatoms. The van der Waals surface area contributed by atoms with Crippen LogP contribution >= 0.6 is 0 Å². The quantitative estimate of drug-likeness (QED) is 0.352. The van der Waals surface area contributed by atoms with Gasteiger partial charge in [-0.15, -0.1) is 0 Å². The lowest BCUT2D eigenvalue weighted by atomic mass is 9.94. The Bertz CT molecular complexity index is 1380. The maximum atomic E-state index is 13.6. The van der Waals surface area contributed by atoms with Gasteiger partial charge in [-0.05, 0) is 49.2 Å². The fourth-order valence-electron chi connectivity index (χ4n) is 5.04. The Morgan fingerprint density at radius 1 is 1.00 bits per heavy atom. The number of aliphatic hydroxyl groups is 1. The molecule has 1 saturated heterocycles. The maximum absolute atomic E-state index is 13.6. The molecule has 0 saturated carbocycles. The first kappa shape index (κ1) is 27.5. The first-order chi connectivity index (χ1) is 19.5. The normalized spacial score (nSPS) is 17.9. The molecule has 0 bridgehead atoms. The number of amides is 1. The predicted molar refractivity (Wildman–Crippen MR) is 148 cm³/mol. The Balaban J connectivity index is 1.48. The van der Waals surface area contributed by atoms with E-state index < -0.39 is 23.5 Å². The van der Waals surface area contributed by atoms with Gasteiger partial charge in [-0.2, -0.15) is 0 Å². The highest BCUT2D eigenvalue weighted by atomic mass is 16.5. The molecule has 2 aliphatic heterocycles. The van der Waals surface area contributed by atoms with Gasteiger partial charge in [0.1, 0.15) is 12.4 Å². The van der Waals surface area contributed by atoms with E-state index in [0.29, 0.717) is 62.3 Å². The molecule has 1 fully saturated rings. The third-order valence-electron chi connectivity index (χ3n) is 7.09. The van der Waals surface area contributed by atoms with Crippen molar-refractivity contribution in [1.82, 2.24) is 9.80 Å². The average molecular weight is 547 g/mol. The van der Waals surface area contributed by atoms with Crippen LogP contribution in [0.3, 0.4) is 0 Å². The lowest BCUT2D eigenvalue weighted by molar-refractivity contribution is -0.129. The van der Waals surface area contributed by atoms with Gasteiger partial charge in [0, 0.05) is 26.2 Å². The molecule has 0 radical (unpaired) electrons. The van der Waals surface area contributed by atoms with Crippen LogP contribution in [0.5, 0.6) is 11.5 Å². The standard InChI is InChI=1S/C31H34N2O7/c1-3-38-26-19-23(10-12-24(26)39-20-22-7-5-4-6-8-22)28-27(29(34)25-11-9-21(2)40-25)30(35)31(36)33(28)14-13-32-15-17-37-18-16-32/h4-12,19,28,35H,3,13-18,20H2,1-2H3. The number of ketones is 1. The summed E-state index contributed by atoms with van der Waals surface area (Å²) < 4.78 is 23.0. The number of carbonyl (C=O) groups excluding carboxylic acids is 2. The maximum Gasteiger partial charge on any atom is 0.290 e. The summed E-state index contributed by atoms with van der Waals surface area (Å²) in [5.74, 6) is -0.0162. The largest absolute Gasteiger partial charge is 0.503 e. The highest BCUT2D eigenvalue weighted by molar-refractivity contribution is 6.15. The molecule has 1 atom stereocenters. The van der Waals surface area contributed by atoms with E-state index in [2.05, 4.69) is 4.90 Å². The van der Waals surface area contributed by atoms with Gasteiger partial charge in [0.05, 0.1) is 31.4 Å². The van der Waals surface area contributed by atoms with Crippen LogP contribution in [0.1, 0.15) is 40.4 Å². The molecule has 3 aromatic rings. The van der Waals surface area contributed by atoms with Crippen LogP contribution in [0.25, 0.3) is 0 Å². The van der Waals surface area contributed by atoms with Crippen molar-refractivity contribution in [3.8, 4) is 11.5 Å². The Morgan fingerprint density at radius 2 is 1.77 bits per heavy atom. The van der Waals surface area contributed by atoms with Crippen LogP contribution in [0.4, 0.5) is 0 Å². The summed E-state index contributed by atoms with van der Waals surface area (Å²) in [6, 6.07) is 17.6. The summed E-state index contributed by atoms with van der Waals surface area (Å²) >= 11 is 0. The summed E-state index contributed by atoms with van der Waals surface area (Å²) in [4.78, 5) is 30.7. The van der Waals surface area contributed by atoms with Gasteiger partial charge in [0.15, 0.2) is 23.0 Å². The molecule has 3 heterocycles. The third kappa shape index (κ3) is 5.90. The van der Waals surface area contributed by atoms with Gasteiger partial charge in [0.2, 0.25) is 5.78 Å². The van der Waals surface area contributed by atoms with E-state index in [0.717, 1.165) is 18.7 Å². The summed E-state index contributed by atoms with van der Waals surface area (Å²) in [6.07, 6.45) is 0. The van der Waals surface area contributed by atoms with Crippen LogP contribution in [-0.4, -0.2) is 72.6 Å². The number of morpholine rings is 1. The topological polar surface area (TPSA) is 102 Å².